The molecule has 1 N–H and O–H groups in total. The van der Waals surface area contributed by atoms with E-state index in [1.807, 2.05) is 6.92 Å². The molecular formula is C24H26FN3O3. The summed E-state index contributed by atoms with van der Waals surface area (Å²) < 4.78 is 13.0. The number of hydrogen-bond acceptors (Lipinski definition) is 3. The average molecular weight is 423 g/mol. The Labute approximate surface area is 181 Å². The van der Waals surface area contributed by atoms with Crippen molar-refractivity contribution in [1.82, 2.24) is 9.80 Å². The van der Waals surface area contributed by atoms with Gasteiger partial charge in [-0.05, 0) is 48.2 Å². The molecule has 1 heterocycles. The Bertz CT molecular complexity index is 984. The van der Waals surface area contributed by atoms with Gasteiger partial charge in [0.05, 0.1) is 6.42 Å². The van der Waals surface area contributed by atoms with E-state index in [2.05, 4.69) is 5.32 Å². The fourth-order valence-electron chi connectivity index (χ4n) is 3.88. The predicted octanol–water partition coefficient (Wildman–Crippen LogP) is 2.95. The van der Waals surface area contributed by atoms with Gasteiger partial charge in [-0.15, -0.1) is 0 Å². The van der Waals surface area contributed by atoms with Crippen LogP contribution in [0.15, 0.2) is 48.5 Å². The van der Waals surface area contributed by atoms with Gasteiger partial charge in [0.2, 0.25) is 11.8 Å². The minimum absolute atomic E-state index is 0.00498. The summed E-state index contributed by atoms with van der Waals surface area (Å²) in [5.41, 5.74) is 1.92. The van der Waals surface area contributed by atoms with Crippen LogP contribution >= 0.6 is 0 Å². The maximum absolute atomic E-state index is 13.0. The Hall–Kier alpha value is -3.22. The van der Waals surface area contributed by atoms with Crippen molar-refractivity contribution in [3.8, 4) is 0 Å². The van der Waals surface area contributed by atoms with E-state index in [4.69, 9.17) is 0 Å². The Morgan fingerprint density at radius 3 is 2.29 bits per heavy atom. The molecule has 31 heavy (non-hydrogen) atoms. The third-order valence-electron chi connectivity index (χ3n) is 6.01. The average Bonchev–Trinajstić information content (AvgIpc) is 3.52. The summed E-state index contributed by atoms with van der Waals surface area (Å²) >= 11 is 0. The number of rotatable bonds is 5. The second kappa shape index (κ2) is 8.88. The molecule has 0 radical (unpaired) electrons. The molecule has 1 saturated carbocycles. The van der Waals surface area contributed by atoms with E-state index < -0.39 is 0 Å². The number of piperazine rings is 1. The van der Waals surface area contributed by atoms with Crippen molar-refractivity contribution in [3.63, 3.8) is 0 Å². The van der Waals surface area contributed by atoms with E-state index in [1.54, 1.807) is 46.2 Å². The molecule has 2 fully saturated rings. The number of nitrogens with one attached hydrogen (secondary N) is 1. The van der Waals surface area contributed by atoms with Gasteiger partial charge in [0.15, 0.2) is 0 Å². The molecule has 6 nitrogen and oxygen atoms in total. The predicted molar refractivity (Wildman–Crippen MR) is 115 cm³/mol. The highest BCUT2D eigenvalue weighted by molar-refractivity contribution is 5.98. The van der Waals surface area contributed by atoms with E-state index >= 15 is 0 Å². The number of halogens is 1. The van der Waals surface area contributed by atoms with E-state index in [-0.39, 0.29) is 35.9 Å². The summed E-state index contributed by atoms with van der Waals surface area (Å²) in [4.78, 5) is 41.0. The molecule has 2 aliphatic rings. The zero-order valence-corrected chi connectivity index (χ0v) is 17.5. The van der Waals surface area contributed by atoms with Crippen LogP contribution in [0.1, 0.15) is 29.3 Å². The molecule has 2 aromatic carbocycles. The van der Waals surface area contributed by atoms with Gasteiger partial charge in [-0.1, -0.05) is 25.1 Å². The van der Waals surface area contributed by atoms with Crippen molar-refractivity contribution in [3.05, 3.63) is 65.5 Å². The fraction of sp³-hybridized carbons (Fsp3) is 0.375. The number of benzene rings is 2. The number of amides is 3. The summed E-state index contributed by atoms with van der Waals surface area (Å²) in [6.07, 6.45) is 1.13. The van der Waals surface area contributed by atoms with Gasteiger partial charge < -0.3 is 15.1 Å². The maximum atomic E-state index is 13.0. The lowest BCUT2D eigenvalue weighted by molar-refractivity contribution is -0.131. The molecule has 2 atom stereocenters. The molecule has 162 valence electrons. The lowest BCUT2D eigenvalue weighted by Crippen LogP contribution is -2.51. The first-order valence-corrected chi connectivity index (χ1v) is 10.6. The van der Waals surface area contributed by atoms with Crippen LogP contribution in [0, 0.1) is 17.7 Å². The molecule has 0 aromatic heterocycles. The normalized spacial score (nSPS) is 20.3. The van der Waals surface area contributed by atoms with E-state index in [9.17, 15) is 18.8 Å². The SMILES string of the molecule is CC1CC1C(=O)Nc1cccc(C(=O)N2CCN(C(=O)Cc3ccc(F)cc3)CC2)c1. The second-order valence-electron chi connectivity index (χ2n) is 8.37. The smallest absolute Gasteiger partial charge is 0.254 e. The quantitative estimate of drug-likeness (QED) is 0.804. The highest BCUT2D eigenvalue weighted by atomic mass is 19.1. The fourth-order valence-corrected chi connectivity index (χ4v) is 3.88. The molecular weight excluding hydrogens is 397 g/mol. The summed E-state index contributed by atoms with van der Waals surface area (Å²) in [5, 5.41) is 2.90. The minimum Gasteiger partial charge on any atom is -0.339 e. The third-order valence-corrected chi connectivity index (χ3v) is 6.01. The zero-order chi connectivity index (χ0) is 22.0. The Kier molecular flexibility index (Phi) is 6.02. The minimum atomic E-state index is -0.325. The monoisotopic (exact) mass is 423 g/mol. The Morgan fingerprint density at radius 2 is 1.65 bits per heavy atom. The van der Waals surface area contributed by atoms with Crippen LogP contribution in [0.2, 0.25) is 0 Å². The van der Waals surface area contributed by atoms with E-state index in [1.165, 1.54) is 12.1 Å². The third kappa shape index (κ3) is 5.10. The highest BCUT2D eigenvalue weighted by Gasteiger charge is 2.39. The van der Waals surface area contributed by atoms with Gasteiger partial charge in [-0.25, -0.2) is 4.39 Å². The van der Waals surface area contributed by atoms with Crippen LogP contribution in [0.4, 0.5) is 10.1 Å². The summed E-state index contributed by atoms with van der Waals surface area (Å²) in [6, 6.07) is 12.9. The topological polar surface area (TPSA) is 69.7 Å². The molecule has 4 rings (SSSR count). The van der Waals surface area contributed by atoms with Gasteiger partial charge in [0.1, 0.15) is 5.82 Å². The number of anilines is 1. The number of carbonyl (C=O) groups excluding carboxylic acids is 3. The molecule has 1 aliphatic carbocycles. The first kappa shape index (κ1) is 21.0. The van der Waals surface area contributed by atoms with Crippen molar-refractivity contribution in [2.45, 2.75) is 19.8 Å². The summed E-state index contributed by atoms with van der Waals surface area (Å²) in [6.45, 7) is 3.87. The molecule has 3 amide bonds. The molecule has 2 aromatic rings. The van der Waals surface area contributed by atoms with Crippen LogP contribution in [0.3, 0.4) is 0 Å². The van der Waals surface area contributed by atoms with Gasteiger partial charge in [0, 0.05) is 43.3 Å². The first-order chi connectivity index (χ1) is 14.9. The van der Waals surface area contributed by atoms with Crippen molar-refractivity contribution >= 4 is 23.4 Å². The zero-order valence-electron chi connectivity index (χ0n) is 17.5. The van der Waals surface area contributed by atoms with E-state index in [0.717, 1.165) is 12.0 Å². The standard InChI is InChI=1S/C24H26FN3O3/c1-16-13-21(16)23(30)26-20-4-2-3-18(15-20)24(31)28-11-9-27(10-12-28)22(29)14-17-5-7-19(25)8-6-17/h2-8,15-16,21H,9-14H2,1H3,(H,26,30). The first-order valence-electron chi connectivity index (χ1n) is 10.6. The van der Waals surface area contributed by atoms with Crippen LogP contribution in [0.5, 0.6) is 0 Å². The van der Waals surface area contributed by atoms with Crippen molar-refractivity contribution in [2.24, 2.45) is 11.8 Å². The molecule has 1 saturated heterocycles. The van der Waals surface area contributed by atoms with Crippen molar-refractivity contribution in [1.29, 1.82) is 0 Å². The maximum Gasteiger partial charge on any atom is 0.254 e. The highest BCUT2D eigenvalue weighted by Crippen LogP contribution is 2.38. The van der Waals surface area contributed by atoms with Gasteiger partial charge in [-0.2, -0.15) is 0 Å². The largest absolute Gasteiger partial charge is 0.339 e. The number of nitrogens with zero attached hydrogens (tertiary/aromatic N) is 2. The van der Waals surface area contributed by atoms with Gasteiger partial charge in [0.25, 0.3) is 5.91 Å². The van der Waals surface area contributed by atoms with Crippen LogP contribution < -0.4 is 5.32 Å². The lowest BCUT2D eigenvalue weighted by Gasteiger charge is -2.35. The second-order valence-corrected chi connectivity index (χ2v) is 8.37. The Morgan fingerprint density at radius 1 is 1.00 bits per heavy atom. The molecule has 0 bridgehead atoms. The van der Waals surface area contributed by atoms with Crippen LogP contribution in [0.25, 0.3) is 0 Å². The van der Waals surface area contributed by atoms with Crippen LogP contribution in [-0.4, -0.2) is 53.7 Å². The van der Waals surface area contributed by atoms with Gasteiger partial charge >= 0.3 is 0 Å². The molecule has 1 aliphatic heterocycles. The van der Waals surface area contributed by atoms with Crippen molar-refractivity contribution < 1.29 is 18.8 Å². The summed E-state index contributed by atoms with van der Waals surface area (Å²) in [7, 11) is 0. The summed E-state index contributed by atoms with van der Waals surface area (Å²) in [5.74, 6) is 0.0328. The molecule has 7 heteroatoms. The van der Waals surface area contributed by atoms with Crippen LogP contribution in [-0.2, 0) is 16.0 Å². The number of carbonyl (C=O) groups is 3. The lowest BCUT2D eigenvalue weighted by atomic mass is 10.1. The number of hydrogen-bond donors (Lipinski definition) is 1. The van der Waals surface area contributed by atoms with E-state index in [0.29, 0.717) is 43.3 Å². The van der Waals surface area contributed by atoms with Gasteiger partial charge in [-0.3, -0.25) is 14.4 Å². The molecule has 0 spiro atoms. The Balaban J connectivity index is 1.30. The van der Waals surface area contributed by atoms with Crippen molar-refractivity contribution in [2.75, 3.05) is 31.5 Å². The molecule has 2 unspecified atom stereocenters.